The minimum Gasteiger partial charge on any atom is -0.395 e. The van der Waals surface area contributed by atoms with E-state index in [1.807, 2.05) is 0 Å². The van der Waals surface area contributed by atoms with Crippen LogP contribution >= 0.6 is 0 Å². The van der Waals surface area contributed by atoms with Gasteiger partial charge in [0.2, 0.25) is 0 Å². The quantitative estimate of drug-likeness (QED) is 0.303. The van der Waals surface area contributed by atoms with Crippen LogP contribution in [0, 0.1) is 0 Å². The van der Waals surface area contributed by atoms with Gasteiger partial charge in [0.15, 0.2) is 0 Å². The van der Waals surface area contributed by atoms with Crippen molar-refractivity contribution in [2.45, 2.75) is 30.8 Å². The second-order valence-electron chi connectivity index (χ2n) is 3.14. The van der Waals surface area contributed by atoms with Gasteiger partial charge < -0.3 is 25.7 Å². The van der Waals surface area contributed by atoms with Crippen LogP contribution in [0.1, 0.15) is 6.42 Å². The van der Waals surface area contributed by atoms with Gasteiger partial charge in [0.25, 0.3) is 0 Å². The van der Waals surface area contributed by atoms with Gasteiger partial charge >= 0.3 is 0 Å². The van der Waals surface area contributed by atoms with Gasteiger partial charge in [-0.15, -0.1) is 0 Å². The van der Waals surface area contributed by atoms with Gasteiger partial charge in [-0.25, -0.2) is 0 Å². The molecule has 0 aromatic carbocycles. The summed E-state index contributed by atoms with van der Waals surface area (Å²) >= 11 is 0. The van der Waals surface area contributed by atoms with Gasteiger partial charge in [0, 0.05) is 13.0 Å². The zero-order valence-corrected chi connectivity index (χ0v) is 6.72. The molecule has 5 N–H and O–H groups in total. The van der Waals surface area contributed by atoms with Crippen molar-refractivity contribution in [1.29, 1.82) is 0 Å². The van der Waals surface area contributed by atoms with E-state index in [0.29, 0.717) is 0 Å². The van der Waals surface area contributed by atoms with Crippen molar-refractivity contribution < 1.29 is 20.4 Å². The molecule has 0 aromatic heterocycles. The summed E-state index contributed by atoms with van der Waals surface area (Å²) in [7, 11) is 0. The Labute approximate surface area is 70.6 Å². The van der Waals surface area contributed by atoms with Gasteiger partial charge in [-0.1, -0.05) is 0 Å². The maximum atomic E-state index is 9.34. The van der Waals surface area contributed by atoms with Crippen molar-refractivity contribution in [3.05, 3.63) is 0 Å². The molecule has 5 nitrogen and oxygen atoms in total. The molecular weight excluding hydrogens is 162 g/mol. The summed E-state index contributed by atoms with van der Waals surface area (Å²) in [5, 5.41) is 39.3. The Bertz CT molecular complexity index is 143. The molecule has 1 heterocycles. The Morgan fingerprint density at radius 3 is 2.33 bits per heavy atom. The van der Waals surface area contributed by atoms with Crippen LogP contribution in [0.15, 0.2) is 0 Å². The number of aliphatic hydroxyl groups excluding tert-OH is 4. The zero-order valence-electron chi connectivity index (χ0n) is 6.72. The van der Waals surface area contributed by atoms with Crippen LogP contribution in [0.5, 0.6) is 0 Å². The van der Waals surface area contributed by atoms with Crippen molar-refractivity contribution >= 4 is 0 Å². The number of hydrogen-bond donors (Lipinski definition) is 5. The lowest BCUT2D eigenvalue weighted by Gasteiger charge is -2.18. The maximum absolute atomic E-state index is 9.34. The van der Waals surface area contributed by atoms with E-state index in [1.165, 1.54) is 0 Å². The molecule has 0 aliphatic carbocycles. The summed E-state index contributed by atoms with van der Waals surface area (Å²) in [6.45, 7) is 0.00403. The molecule has 4 unspecified atom stereocenters. The molecule has 0 spiro atoms. The van der Waals surface area contributed by atoms with Crippen molar-refractivity contribution in [2.24, 2.45) is 0 Å². The Kier molecular flexibility index (Phi) is 3.42. The van der Waals surface area contributed by atoms with Gasteiger partial charge in [0.1, 0.15) is 0 Å². The number of nitrogens with one attached hydrogen (secondary N) is 1. The van der Waals surface area contributed by atoms with Crippen LogP contribution < -0.4 is 5.32 Å². The fourth-order valence-corrected chi connectivity index (χ4v) is 1.30. The maximum Gasteiger partial charge on any atom is 0.0924 e. The molecule has 0 amide bonds. The third-order valence-electron chi connectivity index (χ3n) is 2.18. The van der Waals surface area contributed by atoms with Crippen LogP contribution in [-0.4, -0.2) is 57.9 Å². The first-order chi connectivity index (χ1) is 5.65. The highest BCUT2D eigenvalue weighted by Crippen LogP contribution is 2.10. The summed E-state index contributed by atoms with van der Waals surface area (Å²) in [6.07, 6.45) is -2.48. The summed E-state index contributed by atoms with van der Waals surface area (Å²) in [5.74, 6) is 0. The van der Waals surface area contributed by atoms with E-state index in [1.54, 1.807) is 0 Å². The molecule has 12 heavy (non-hydrogen) atoms. The smallest absolute Gasteiger partial charge is 0.0924 e. The topological polar surface area (TPSA) is 93.0 Å². The van der Waals surface area contributed by atoms with Gasteiger partial charge in [-0.05, 0) is 0 Å². The lowest BCUT2D eigenvalue weighted by molar-refractivity contribution is 0.000841. The van der Waals surface area contributed by atoms with E-state index in [2.05, 4.69) is 5.32 Å². The SMILES string of the molecule is OCC1NCC(O)C(O)CC1O. The highest BCUT2D eigenvalue weighted by molar-refractivity contribution is 4.86. The first kappa shape index (κ1) is 9.88. The monoisotopic (exact) mass is 177 g/mol. The zero-order chi connectivity index (χ0) is 9.14. The molecule has 1 aliphatic heterocycles. The van der Waals surface area contributed by atoms with Gasteiger partial charge in [-0.3, -0.25) is 0 Å². The van der Waals surface area contributed by atoms with Crippen LogP contribution in [0.3, 0.4) is 0 Å². The summed E-state index contributed by atoms with van der Waals surface area (Å²) in [5.41, 5.74) is 0. The average Bonchev–Trinajstić information content (AvgIpc) is 2.14. The second kappa shape index (κ2) is 4.15. The molecule has 4 atom stereocenters. The van der Waals surface area contributed by atoms with E-state index >= 15 is 0 Å². The Morgan fingerprint density at radius 1 is 1.08 bits per heavy atom. The summed E-state index contributed by atoms with van der Waals surface area (Å²) < 4.78 is 0. The molecule has 0 bridgehead atoms. The van der Waals surface area contributed by atoms with E-state index in [0.717, 1.165) is 0 Å². The van der Waals surface area contributed by atoms with E-state index in [9.17, 15) is 15.3 Å². The molecule has 0 radical (unpaired) electrons. The first-order valence-electron chi connectivity index (χ1n) is 4.03. The largest absolute Gasteiger partial charge is 0.395 e. The number of β-amino-alcohol motifs (C(OH)–C–C–N with tert-alkyl or cyclic N) is 1. The highest BCUT2D eigenvalue weighted by Gasteiger charge is 2.29. The van der Waals surface area contributed by atoms with Crippen LogP contribution in [-0.2, 0) is 0 Å². The standard InChI is InChI=1S/C7H15NO4/c9-3-4-5(10)1-6(11)7(12)2-8-4/h4-12H,1-3H2. The molecular formula is C7H15NO4. The Balaban J connectivity index is 2.53. The van der Waals surface area contributed by atoms with Gasteiger partial charge in [0.05, 0.1) is 31.0 Å². The molecule has 0 saturated carbocycles. The van der Waals surface area contributed by atoms with Crippen molar-refractivity contribution in [2.75, 3.05) is 13.2 Å². The predicted molar refractivity (Wildman–Crippen MR) is 41.5 cm³/mol. The third kappa shape index (κ3) is 2.15. The van der Waals surface area contributed by atoms with Gasteiger partial charge in [-0.2, -0.15) is 0 Å². The van der Waals surface area contributed by atoms with E-state index < -0.39 is 24.4 Å². The lowest BCUT2D eigenvalue weighted by Crippen LogP contribution is -2.42. The molecule has 1 fully saturated rings. The Hall–Kier alpha value is -0.200. The molecule has 1 saturated heterocycles. The number of hydrogen-bond acceptors (Lipinski definition) is 5. The number of aliphatic hydroxyl groups is 4. The van der Waals surface area contributed by atoms with Crippen LogP contribution in [0.4, 0.5) is 0 Å². The minimum absolute atomic E-state index is 0.0966. The predicted octanol–water partition coefficient (Wildman–Crippen LogP) is -2.58. The summed E-state index contributed by atoms with van der Waals surface area (Å²) in [6, 6.07) is -0.447. The molecule has 1 aliphatic rings. The van der Waals surface area contributed by atoms with Crippen molar-refractivity contribution in [1.82, 2.24) is 5.32 Å². The third-order valence-corrected chi connectivity index (χ3v) is 2.18. The Morgan fingerprint density at radius 2 is 1.75 bits per heavy atom. The lowest BCUT2D eigenvalue weighted by atomic mass is 10.1. The summed E-state index contributed by atoms with van der Waals surface area (Å²) in [4.78, 5) is 0. The van der Waals surface area contributed by atoms with Crippen LogP contribution in [0.25, 0.3) is 0 Å². The van der Waals surface area contributed by atoms with Crippen molar-refractivity contribution in [3.8, 4) is 0 Å². The molecule has 1 rings (SSSR count). The fourth-order valence-electron chi connectivity index (χ4n) is 1.30. The van der Waals surface area contributed by atoms with E-state index in [-0.39, 0.29) is 19.6 Å². The second-order valence-corrected chi connectivity index (χ2v) is 3.14. The van der Waals surface area contributed by atoms with Crippen molar-refractivity contribution in [3.63, 3.8) is 0 Å². The molecule has 5 heteroatoms. The highest BCUT2D eigenvalue weighted by atomic mass is 16.3. The first-order valence-corrected chi connectivity index (χ1v) is 4.03. The van der Waals surface area contributed by atoms with Crippen LogP contribution in [0.2, 0.25) is 0 Å². The normalized spacial score (nSPS) is 44.0. The minimum atomic E-state index is -0.913. The molecule has 72 valence electrons. The fraction of sp³-hybridized carbons (Fsp3) is 1.00. The average molecular weight is 177 g/mol. The number of rotatable bonds is 1. The van der Waals surface area contributed by atoms with E-state index in [4.69, 9.17) is 5.11 Å². The molecule has 0 aromatic rings.